The van der Waals surface area contributed by atoms with Crippen LogP contribution >= 0.6 is 20.7 Å². The fourth-order valence-corrected chi connectivity index (χ4v) is 6.03. The molecule has 0 aromatic carbocycles. The molecule has 3 heterocycles. The predicted molar refractivity (Wildman–Crippen MR) is 156 cm³/mol. The average Bonchev–Trinajstić information content (AvgIpc) is 3.23. The molecule has 0 saturated carbocycles. The molecule has 1 aromatic heterocycles. The van der Waals surface area contributed by atoms with Gasteiger partial charge in [0.05, 0.1) is 12.2 Å². The van der Waals surface area contributed by atoms with Crippen molar-refractivity contribution in [3.63, 3.8) is 0 Å². The number of aliphatic imine (C=N–C) groups is 1. The summed E-state index contributed by atoms with van der Waals surface area (Å²) in [7, 11) is 0. The lowest BCUT2D eigenvalue weighted by Gasteiger charge is -2.42. The summed E-state index contributed by atoms with van der Waals surface area (Å²) in [5.41, 5.74) is 9.95. The number of carbonyl (C=O) groups is 1. The fraction of sp³-hybridized carbons (Fsp3) is 0.615. The van der Waals surface area contributed by atoms with Crippen LogP contribution in [0.4, 0.5) is 0 Å². The molecule has 0 spiro atoms. The summed E-state index contributed by atoms with van der Waals surface area (Å²) in [6.45, 7) is 14.5. The summed E-state index contributed by atoms with van der Waals surface area (Å²) in [6, 6.07) is -0.0259. The van der Waals surface area contributed by atoms with Gasteiger partial charge in [0.25, 0.3) is 5.91 Å². The minimum Gasteiger partial charge on any atom is -0.370 e. The Labute approximate surface area is 220 Å². The number of nitrogens with one attached hydrogen (secondary N) is 3. The van der Waals surface area contributed by atoms with Crippen molar-refractivity contribution < 1.29 is 4.79 Å². The van der Waals surface area contributed by atoms with Crippen molar-refractivity contribution in [1.82, 2.24) is 20.1 Å². The van der Waals surface area contributed by atoms with Gasteiger partial charge in [0.1, 0.15) is 5.71 Å². The quantitative estimate of drug-likeness (QED) is 0.199. The maximum absolute atomic E-state index is 12.9. The van der Waals surface area contributed by atoms with Gasteiger partial charge in [-0.25, -0.2) is 4.99 Å². The van der Waals surface area contributed by atoms with Crippen molar-refractivity contribution in [1.29, 1.82) is 5.41 Å². The molecular weight excluding hydrogens is 553 g/mol. The maximum atomic E-state index is 12.9. The van der Waals surface area contributed by atoms with Crippen molar-refractivity contribution >= 4 is 48.4 Å². The third-order valence-corrected chi connectivity index (χ3v) is 8.39. The lowest BCUT2D eigenvalue weighted by molar-refractivity contribution is -0.115. The Morgan fingerprint density at radius 2 is 1.97 bits per heavy atom. The molecule has 1 fully saturated rings. The van der Waals surface area contributed by atoms with E-state index in [2.05, 4.69) is 75.2 Å². The van der Waals surface area contributed by atoms with Crippen LogP contribution in [0.15, 0.2) is 15.3 Å². The summed E-state index contributed by atoms with van der Waals surface area (Å²) >= 11 is -0.00753. The number of nitrogens with two attached hydrogens (primary N) is 1. The largest absolute Gasteiger partial charge is 0.370 e. The van der Waals surface area contributed by atoms with Gasteiger partial charge in [0.2, 0.25) is 0 Å². The van der Waals surface area contributed by atoms with Crippen molar-refractivity contribution in [2.75, 3.05) is 32.7 Å². The third kappa shape index (κ3) is 7.99. The second-order valence-electron chi connectivity index (χ2n) is 10.8. The second kappa shape index (κ2) is 12.3. The Bertz CT molecular complexity index is 978. The zero-order chi connectivity index (χ0) is 25.6. The minimum atomic E-state index is -0.356. The van der Waals surface area contributed by atoms with Crippen LogP contribution in [0.3, 0.4) is 0 Å². The molecule has 1 saturated heterocycles. The van der Waals surface area contributed by atoms with Crippen LogP contribution in [0, 0.1) is 11.3 Å². The Hall–Kier alpha value is -2.01. The zero-order valence-electron chi connectivity index (χ0n) is 21.8. The van der Waals surface area contributed by atoms with Crippen molar-refractivity contribution in [2.24, 2.45) is 16.6 Å². The molecule has 1 atom stereocenters. The standard InChI is InChI=1S/C26H42IN7O/c1-18(2)6-7-20(14-19-16-30-23-15-27-9-8-21(19)23)32-24(35)22(28)17-31-25(29)33-10-12-34(13-11-33)26(3,4)5/h8-9,15-16,18,20,28,30H,6-7,10-14,17H2,1-5H3,(H2,29,31)(H,32,35). The Morgan fingerprint density at radius 3 is 2.63 bits per heavy atom. The van der Waals surface area contributed by atoms with E-state index in [1.54, 1.807) is 0 Å². The first-order chi connectivity index (χ1) is 16.5. The highest BCUT2D eigenvalue weighted by Crippen LogP contribution is 2.24. The molecule has 1 unspecified atom stereocenters. The monoisotopic (exact) mass is 595 g/mol. The molecule has 0 radical (unpaired) electrons. The number of piperazine rings is 1. The number of halogens is 1. The molecule has 35 heavy (non-hydrogen) atoms. The van der Waals surface area contributed by atoms with Gasteiger partial charge in [0.15, 0.2) is 5.96 Å². The second-order valence-corrected chi connectivity index (χ2v) is 12.9. The van der Waals surface area contributed by atoms with Crippen LogP contribution in [0.5, 0.6) is 0 Å². The molecule has 2 aliphatic rings. The van der Waals surface area contributed by atoms with Gasteiger partial charge < -0.3 is 20.9 Å². The summed E-state index contributed by atoms with van der Waals surface area (Å²) in [6.07, 6.45) is 6.91. The van der Waals surface area contributed by atoms with Gasteiger partial charge in [-0.15, -0.1) is 0 Å². The van der Waals surface area contributed by atoms with Gasteiger partial charge in [0, 0.05) is 49.5 Å². The van der Waals surface area contributed by atoms with E-state index >= 15 is 0 Å². The average molecular weight is 596 g/mol. The molecule has 9 heteroatoms. The maximum Gasteiger partial charge on any atom is 0.267 e. The number of H-pyrrole nitrogens is 1. The van der Waals surface area contributed by atoms with Crippen LogP contribution < -0.4 is 11.1 Å². The first kappa shape index (κ1) is 27.6. The van der Waals surface area contributed by atoms with E-state index in [4.69, 9.17) is 11.1 Å². The minimum absolute atomic E-state index is 0.00499. The summed E-state index contributed by atoms with van der Waals surface area (Å²) in [4.78, 5) is 25.1. The molecule has 3 rings (SSSR count). The lowest BCUT2D eigenvalue weighted by atomic mass is 9.96. The Morgan fingerprint density at radius 1 is 1.26 bits per heavy atom. The highest BCUT2D eigenvalue weighted by atomic mass is 127. The summed E-state index contributed by atoms with van der Waals surface area (Å²) in [5.74, 6) is 0.609. The molecule has 5 N–H and O–H groups in total. The van der Waals surface area contributed by atoms with E-state index < -0.39 is 0 Å². The molecule has 0 aliphatic carbocycles. The van der Waals surface area contributed by atoms with E-state index in [0.717, 1.165) is 45.4 Å². The van der Waals surface area contributed by atoms with Crippen molar-refractivity contribution in [2.45, 2.75) is 65.5 Å². The highest BCUT2D eigenvalue weighted by Gasteiger charge is 2.26. The lowest BCUT2D eigenvalue weighted by Crippen LogP contribution is -2.56. The van der Waals surface area contributed by atoms with Crippen LogP contribution in [0.1, 0.15) is 64.3 Å². The number of aromatic nitrogens is 1. The first-order valence-electron chi connectivity index (χ1n) is 12.5. The number of guanidine groups is 1. The van der Waals surface area contributed by atoms with Gasteiger partial charge >= 0.3 is 0 Å². The molecular formula is C26H42IN7O. The Balaban J connectivity index is 1.56. The normalized spacial score (nSPS) is 17.8. The number of rotatable bonds is 9. The van der Waals surface area contributed by atoms with Gasteiger partial charge in [-0.05, 0) is 65.7 Å². The van der Waals surface area contributed by atoms with Crippen LogP contribution in [0.2, 0.25) is 0 Å². The summed E-state index contributed by atoms with van der Waals surface area (Å²) < 4.78 is 4.56. The number of hydrogen-bond acceptors (Lipinski definition) is 4. The molecule has 1 aromatic rings. The van der Waals surface area contributed by atoms with Crippen LogP contribution in [-0.4, -0.2) is 80.7 Å². The fourth-order valence-electron chi connectivity index (χ4n) is 4.38. The molecule has 1 amide bonds. The van der Waals surface area contributed by atoms with E-state index in [9.17, 15) is 4.79 Å². The number of carbonyl (C=O) groups excluding carboxylic acids is 1. The van der Waals surface area contributed by atoms with Crippen molar-refractivity contribution in [3.05, 3.63) is 27.1 Å². The molecule has 0 bridgehead atoms. The smallest absolute Gasteiger partial charge is 0.267 e. The number of aromatic amines is 1. The number of hydrogen-bond donors (Lipinski definition) is 4. The molecule has 194 valence electrons. The van der Waals surface area contributed by atoms with Gasteiger partial charge in [-0.3, -0.25) is 15.1 Å². The number of fused-ring (bicyclic) bond motifs is 1. The van der Waals surface area contributed by atoms with Gasteiger partial charge in [-0.1, -0.05) is 34.6 Å². The number of nitrogens with zero attached hydrogens (tertiary/aromatic N) is 3. The third-order valence-electron chi connectivity index (χ3n) is 6.63. The zero-order valence-corrected chi connectivity index (χ0v) is 24.0. The Kier molecular flexibility index (Phi) is 9.69. The van der Waals surface area contributed by atoms with E-state index in [1.165, 1.54) is 16.8 Å². The molecule has 8 nitrogen and oxygen atoms in total. The van der Waals surface area contributed by atoms with E-state index in [0.29, 0.717) is 11.9 Å². The summed E-state index contributed by atoms with van der Waals surface area (Å²) in [5, 5.41) is 11.4. The molecule has 2 aliphatic heterocycles. The number of amides is 1. The van der Waals surface area contributed by atoms with Crippen LogP contribution in [0.25, 0.3) is 6.08 Å². The highest BCUT2D eigenvalue weighted by molar-refractivity contribution is 14.2. The van der Waals surface area contributed by atoms with E-state index in [-0.39, 0.29) is 50.5 Å². The SMILES string of the molecule is CC(C)CCC(Cc1c[nH]c2c1C=CI=C2)NC(=O)C(=N)CN=C(N)N1CCN(C(C)(C)C)CC1. The van der Waals surface area contributed by atoms with Crippen LogP contribution in [-0.2, 0) is 11.2 Å². The predicted octanol–water partition coefficient (Wildman–Crippen LogP) is 3.33. The van der Waals surface area contributed by atoms with E-state index in [1.807, 2.05) is 4.90 Å². The first-order valence-corrected chi connectivity index (χ1v) is 15.0. The van der Waals surface area contributed by atoms with Crippen molar-refractivity contribution in [3.8, 4) is 0 Å². The van der Waals surface area contributed by atoms with Gasteiger partial charge in [-0.2, -0.15) is 0 Å². The topological polar surface area (TPSA) is 114 Å².